The third-order valence-electron chi connectivity index (χ3n) is 4.46. The van der Waals surface area contributed by atoms with Crippen LogP contribution in [0.4, 0.5) is 5.69 Å². The molecule has 0 aromatic carbocycles. The van der Waals surface area contributed by atoms with Crippen LogP contribution in [0.5, 0.6) is 0 Å². The van der Waals surface area contributed by atoms with Gasteiger partial charge in [0.1, 0.15) is 5.02 Å². The first-order valence-electron chi connectivity index (χ1n) is 7.42. The molecule has 0 spiro atoms. The van der Waals surface area contributed by atoms with Crippen molar-refractivity contribution < 1.29 is 0 Å². The summed E-state index contributed by atoms with van der Waals surface area (Å²) >= 11 is 6.31. The molecule has 21 heavy (non-hydrogen) atoms. The topological polar surface area (TPSA) is 53.4 Å². The van der Waals surface area contributed by atoms with Crippen LogP contribution in [-0.2, 0) is 6.54 Å². The lowest BCUT2D eigenvalue weighted by Crippen LogP contribution is -2.32. The standard InChI is InChI=1S/C14H22ClN5O/c1-18(2)3-4-20-14(21)13(15)12(7-17-20)19-8-10-5-16-6-11(10)9-19/h7,10-11,16H,3-6,8-9H2,1-2H3/t10-,11+. The smallest absolute Gasteiger partial charge is 0.287 e. The number of hydrogen-bond acceptors (Lipinski definition) is 5. The molecule has 7 heteroatoms. The van der Waals surface area contributed by atoms with E-state index in [0.717, 1.165) is 38.4 Å². The molecule has 1 aromatic rings. The first-order chi connectivity index (χ1) is 10.1. The Kier molecular flexibility index (Phi) is 4.19. The summed E-state index contributed by atoms with van der Waals surface area (Å²) in [4.78, 5) is 16.5. The predicted molar refractivity (Wildman–Crippen MR) is 84.1 cm³/mol. The van der Waals surface area contributed by atoms with E-state index in [0.29, 0.717) is 23.4 Å². The number of rotatable bonds is 4. The lowest BCUT2D eigenvalue weighted by Gasteiger charge is -2.21. The second-order valence-electron chi connectivity index (χ2n) is 6.26. The average Bonchev–Trinajstić information content (AvgIpc) is 3.01. The van der Waals surface area contributed by atoms with E-state index in [1.54, 1.807) is 6.20 Å². The number of aromatic nitrogens is 2. The molecule has 0 bridgehead atoms. The Balaban J connectivity index is 1.78. The highest BCUT2D eigenvalue weighted by atomic mass is 35.5. The molecular formula is C14H22ClN5O. The van der Waals surface area contributed by atoms with E-state index < -0.39 is 0 Å². The largest absolute Gasteiger partial charge is 0.368 e. The van der Waals surface area contributed by atoms with Gasteiger partial charge < -0.3 is 15.1 Å². The molecule has 0 unspecified atom stereocenters. The summed E-state index contributed by atoms with van der Waals surface area (Å²) in [6.07, 6.45) is 1.74. The number of nitrogens with zero attached hydrogens (tertiary/aromatic N) is 4. The van der Waals surface area contributed by atoms with E-state index in [2.05, 4.69) is 15.3 Å². The van der Waals surface area contributed by atoms with Crippen LogP contribution in [0.25, 0.3) is 0 Å². The van der Waals surface area contributed by atoms with E-state index >= 15 is 0 Å². The van der Waals surface area contributed by atoms with Gasteiger partial charge in [-0.25, -0.2) is 4.68 Å². The highest BCUT2D eigenvalue weighted by Crippen LogP contribution is 2.32. The molecule has 0 amide bonds. The Hall–Kier alpha value is -1.11. The van der Waals surface area contributed by atoms with E-state index in [9.17, 15) is 4.79 Å². The van der Waals surface area contributed by atoms with Gasteiger partial charge in [0.15, 0.2) is 0 Å². The Morgan fingerprint density at radius 3 is 2.67 bits per heavy atom. The van der Waals surface area contributed by atoms with Gasteiger partial charge in [0.2, 0.25) is 0 Å². The molecule has 2 fully saturated rings. The van der Waals surface area contributed by atoms with Crippen molar-refractivity contribution in [2.75, 3.05) is 51.7 Å². The molecule has 0 saturated carbocycles. The van der Waals surface area contributed by atoms with Crippen LogP contribution in [0, 0.1) is 11.8 Å². The molecule has 116 valence electrons. The van der Waals surface area contributed by atoms with E-state index in [-0.39, 0.29) is 5.56 Å². The Bertz CT molecular complexity index is 561. The van der Waals surface area contributed by atoms with Crippen molar-refractivity contribution in [3.63, 3.8) is 0 Å². The minimum Gasteiger partial charge on any atom is -0.368 e. The number of anilines is 1. The maximum absolute atomic E-state index is 12.3. The van der Waals surface area contributed by atoms with Crippen molar-refractivity contribution in [2.24, 2.45) is 11.8 Å². The van der Waals surface area contributed by atoms with Crippen molar-refractivity contribution in [3.05, 3.63) is 21.6 Å². The zero-order valence-electron chi connectivity index (χ0n) is 12.5. The Morgan fingerprint density at radius 1 is 1.38 bits per heavy atom. The van der Waals surface area contributed by atoms with Crippen LogP contribution in [0.15, 0.2) is 11.0 Å². The molecule has 2 aliphatic rings. The summed E-state index contributed by atoms with van der Waals surface area (Å²) in [6, 6.07) is 0. The predicted octanol–water partition coefficient (Wildman–Crippen LogP) is 0.114. The molecule has 0 radical (unpaired) electrons. The van der Waals surface area contributed by atoms with Crippen molar-refractivity contribution in [2.45, 2.75) is 6.54 Å². The molecule has 3 rings (SSSR count). The Labute approximate surface area is 129 Å². The summed E-state index contributed by atoms with van der Waals surface area (Å²) in [6.45, 7) is 5.36. The van der Waals surface area contributed by atoms with Crippen LogP contribution in [0.3, 0.4) is 0 Å². The number of nitrogens with one attached hydrogen (secondary N) is 1. The zero-order chi connectivity index (χ0) is 15.0. The quantitative estimate of drug-likeness (QED) is 0.856. The van der Waals surface area contributed by atoms with Crippen LogP contribution in [0.1, 0.15) is 0 Å². The SMILES string of the molecule is CN(C)CCn1ncc(N2C[C@H]3CNC[C@H]3C2)c(Cl)c1=O. The Morgan fingerprint density at radius 2 is 2.05 bits per heavy atom. The monoisotopic (exact) mass is 311 g/mol. The summed E-state index contributed by atoms with van der Waals surface area (Å²) in [5.74, 6) is 1.33. The van der Waals surface area contributed by atoms with Gasteiger partial charge in [-0.05, 0) is 25.9 Å². The fourth-order valence-corrected chi connectivity index (χ4v) is 3.45. The third kappa shape index (κ3) is 2.93. The van der Waals surface area contributed by atoms with Gasteiger partial charge >= 0.3 is 0 Å². The van der Waals surface area contributed by atoms with Crippen LogP contribution in [0.2, 0.25) is 5.02 Å². The summed E-state index contributed by atoms with van der Waals surface area (Å²) in [7, 11) is 3.94. The molecule has 2 atom stereocenters. The summed E-state index contributed by atoms with van der Waals surface area (Å²) < 4.78 is 1.45. The van der Waals surface area contributed by atoms with Gasteiger partial charge in [0, 0.05) is 32.7 Å². The second-order valence-corrected chi connectivity index (χ2v) is 6.64. The van der Waals surface area contributed by atoms with Crippen LogP contribution in [-0.4, -0.2) is 61.5 Å². The number of fused-ring (bicyclic) bond motifs is 1. The first kappa shape index (κ1) is 14.8. The molecule has 6 nitrogen and oxygen atoms in total. The van der Waals surface area contributed by atoms with E-state index in [1.165, 1.54) is 4.68 Å². The fraction of sp³-hybridized carbons (Fsp3) is 0.714. The molecule has 3 heterocycles. The van der Waals surface area contributed by atoms with Gasteiger partial charge in [-0.15, -0.1) is 0 Å². The van der Waals surface area contributed by atoms with Gasteiger partial charge in [0.05, 0.1) is 18.4 Å². The van der Waals surface area contributed by atoms with Gasteiger partial charge in [-0.1, -0.05) is 11.6 Å². The first-order valence-corrected chi connectivity index (χ1v) is 7.80. The number of hydrogen-bond donors (Lipinski definition) is 1. The molecule has 2 saturated heterocycles. The number of likely N-dealkylation sites (N-methyl/N-ethyl adjacent to an activating group) is 1. The lowest BCUT2D eigenvalue weighted by molar-refractivity contribution is 0.367. The molecule has 1 N–H and O–H groups in total. The molecule has 0 aliphatic carbocycles. The van der Waals surface area contributed by atoms with Crippen LogP contribution >= 0.6 is 11.6 Å². The summed E-state index contributed by atoms with van der Waals surface area (Å²) in [5.41, 5.74) is 0.600. The highest BCUT2D eigenvalue weighted by molar-refractivity contribution is 6.33. The van der Waals surface area contributed by atoms with Gasteiger partial charge in [-0.3, -0.25) is 4.79 Å². The maximum atomic E-state index is 12.3. The van der Waals surface area contributed by atoms with Crippen molar-refractivity contribution >= 4 is 17.3 Å². The van der Waals surface area contributed by atoms with Crippen molar-refractivity contribution in [3.8, 4) is 0 Å². The van der Waals surface area contributed by atoms with E-state index in [1.807, 2.05) is 19.0 Å². The minimum absolute atomic E-state index is 0.189. The number of halogens is 1. The fourth-order valence-electron chi connectivity index (χ4n) is 3.18. The zero-order valence-corrected chi connectivity index (χ0v) is 13.3. The average molecular weight is 312 g/mol. The van der Waals surface area contributed by atoms with Gasteiger partial charge in [0.25, 0.3) is 5.56 Å². The molecule has 1 aromatic heterocycles. The molecule has 2 aliphatic heterocycles. The minimum atomic E-state index is -0.189. The van der Waals surface area contributed by atoms with Crippen molar-refractivity contribution in [1.29, 1.82) is 0 Å². The van der Waals surface area contributed by atoms with E-state index in [4.69, 9.17) is 11.6 Å². The van der Waals surface area contributed by atoms with Crippen LogP contribution < -0.4 is 15.8 Å². The highest BCUT2D eigenvalue weighted by Gasteiger charge is 2.37. The van der Waals surface area contributed by atoms with Crippen molar-refractivity contribution in [1.82, 2.24) is 20.0 Å². The molecular weight excluding hydrogens is 290 g/mol. The third-order valence-corrected chi connectivity index (χ3v) is 4.81. The van der Waals surface area contributed by atoms with Gasteiger partial charge in [-0.2, -0.15) is 5.10 Å². The second kappa shape index (κ2) is 5.94. The lowest BCUT2D eigenvalue weighted by atomic mass is 10.0. The summed E-state index contributed by atoms with van der Waals surface area (Å²) in [5, 5.41) is 8.00. The maximum Gasteiger partial charge on any atom is 0.287 e. The normalized spacial score (nSPS) is 24.9.